The highest BCUT2D eigenvalue weighted by Crippen LogP contribution is 2.24. The number of amides is 1. The molecule has 0 aliphatic heterocycles. The van der Waals surface area contributed by atoms with E-state index in [1.807, 2.05) is 131 Å². The van der Waals surface area contributed by atoms with Crippen LogP contribution in [-0.2, 0) is 29.7 Å². The third kappa shape index (κ3) is 11.8. The molecule has 8 heteroatoms. The minimum atomic E-state index is -3.23. The molecular weight excluding hydrogens is 570 g/mol. The Balaban J connectivity index is 1.58. The van der Waals surface area contributed by atoms with Crippen LogP contribution in [0.2, 0.25) is 0 Å². The average molecular weight is 618 g/mol. The Morgan fingerprint density at radius 2 is 1.41 bits per heavy atom. The molecule has 1 unspecified atom stereocenters. The average Bonchev–Trinajstić information content (AvgIpc) is 3.01. The fraction of sp³-hybridized carbons (Fsp3) is 0.389. The van der Waals surface area contributed by atoms with Crippen LogP contribution in [0.25, 0.3) is 0 Å². The number of hydrogen-bond donors (Lipinski definition) is 1. The van der Waals surface area contributed by atoms with E-state index in [1.54, 1.807) is 0 Å². The molecule has 7 nitrogen and oxygen atoms in total. The van der Waals surface area contributed by atoms with Gasteiger partial charge in [0.2, 0.25) is 0 Å². The quantitative estimate of drug-likeness (QED) is 0.0766. The van der Waals surface area contributed by atoms with E-state index in [1.165, 1.54) is 0 Å². The predicted octanol–water partition coefficient (Wildman–Crippen LogP) is 6.44. The van der Waals surface area contributed by atoms with Gasteiger partial charge in [-0.05, 0) is 62.5 Å². The number of allylic oxidation sites excluding steroid dienone is 1. The molecule has 44 heavy (non-hydrogen) atoms. The fourth-order valence-electron chi connectivity index (χ4n) is 4.89. The van der Waals surface area contributed by atoms with Gasteiger partial charge in [-0.3, -0.25) is 4.79 Å². The summed E-state index contributed by atoms with van der Waals surface area (Å²) in [5.41, 5.74) is 0.116. The molecule has 1 amide bonds. The summed E-state index contributed by atoms with van der Waals surface area (Å²) in [4.78, 5) is 24.8. The minimum Gasteiger partial charge on any atom is -0.458 e. The lowest BCUT2D eigenvalue weighted by atomic mass is 10.1. The zero-order chi connectivity index (χ0) is 31.7. The van der Waals surface area contributed by atoms with Gasteiger partial charge in [0.05, 0.1) is 12.0 Å². The van der Waals surface area contributed by atoms with Crippen molar-refractivity contribution in [2.45, 2.75) is 78.1 Å². The van der Waals surface area contributed by atoms with Crippen LogP contribution in [0.15, 0.2) is 103 Å². The highest BCUT2D eigenvalue weighted by atomic mass is 28.4. The van der Waals surface area contributed by atoms with Gasteiger partial charge in [-0.1, -0.05) is 110 Å². The molecule has 0 aromatic heterocycles. The van der Waals surface area contributed by atoms with Crippen molar-refractivity contribution in [1.82, 2.24) is 5.32 Å². The summed E-state index contributed by atoms with van der Waals surface area (Å²) in [5.74, 6) is -0.317. The van der Waals surface area contributed by atoms with E-state index in [2.05, 4.69) is 5.32 Å². The van der Waals surface area contributed by atoms with Crippen molar-refractivity contribution in [3.8, 4) is 0 Å². The minimum absolute atomic E-state index is 0.0907. The maximum absolute atomic E-state index is 12.8. The van der Waals surface area contributed by atoms with E-state index in [-0.39, 0.29) is 25.1 Å². The van der Waals surface area contributed by atoms with E-state index in [0.717, 1.165) is 41.6 Å². The number of esters is 1. The van der Waals surface area contributed by atoms with Crippen molar-refractivity contribution in [1.29, 1.82) is 0 Å². The van der Waals surface area contributed by atoms with E-state index >= 15 is 0 Å². The van der Waals surface area contributed by atoms with Crippen LogP contribution >= 0.6 is 0 Å². The molecular formula is C36H47NO6Si. The maximum Gasteiger partial charge on any atom is 0.407 e. The van der Waals surface area contributed by atoms with Gasteiger partial charge in [0.25, 0.3) is 0 Å². The van der Waals surface area contributed by atoms with Crippen LogP contribution in [0.3, 0.4) is 0 Å². The number of rotatable bonds is 18. The highest BCUT2D eigenvalue weighted by molar-refractivity contribution is 6.92. The Bertz CT molecular complexity index is 1240. The lowest BCUT2D eigenvalue weighted by Gasteiger charge is -2.39. The van der Waals surface area contributed by atoms with Gasteiger partial charge in [0, 0.05) is 13.2 Å². The van der Waals surface area contributed by atoms with Crippen molar-refractivity contribution in [3.63, 3.8) is 0 Å². The topological polar surface area (TPSA) is 83.1 Å². The molecule has 236 valence electrons. The fourth-order valence-corrected chi connectivity index (χ4v) is 8.39. The standard InChI is InChI=1S/C36H47NO6Si/c1-5-19-30(2)42-34(38)28-36(3,4)43-44(32-22-13-9-14-23-32,33-24-15-10-16-25-33)41-27-18-7-6-17-26-37-35(39)40-29-31-20-11-8-12-21-31/h5,8-16,19-25,30H,6-7,17-18,26-29H2,1-4H3,(H,37,39). The Hall–Kier alpha value is -3.72. The largest absolute Gasteiger partial charge is 0.458 e. The summed E-state index contributed by atoms with van der Waals surface area (Å²) in [7, 11) is -3.23. The Labute approximate surface area is 263 Å². The molecule has 0 saturated heterocycles. The molecule has 0 spiro atoms. The van der Waals surface area contributed by atoms with E-state index in [4.69, 9.17) is 18.3 Å². The number of carbonyl (C=O) groups excluding carboxylic acids is 2. The number of nitrogens with one attached hydrogen (secondary N) is 1. The summed E-state index contributed by atoms with van der Waals surface area (Å²) in [5, 5.41) is 4.78. The van der Waals surface area contributed by atoms with E-state index in [0.29, 0.717) is 13.2 Å². The molecule has 3 aromatic carbocycles. The first-order valence-corrected chi connectivity index (χ1v) is 17.3. The third-order valence-corrected chi connectivity index (χ3v) is 10.6. The zero-order valence-electron chi connectivity index (χ0n) is 26.5. The molecule has 1 N–H and O–H groups in total. The molecule has 0 fully saturated rings. The van der Waals surface area contributed by atoms with Crippen molar-refractivity contribution in [3.05, 3.63) is 109 Å². The van der Waals surface area contributed by atoms with Crippen LogP contribution in [-0.4, -0.2) is 45.5 Å². The Morgan fingerprint density at radius 1 is 0.841 bits per heavy atom. The number of unbranched alkanes of at least 4 members (excludes halogenated alkanes) is 3. The summed E-state index contributed by atoms with van der Waals surface area (Å²) in [6.45, 7) is 8.90. The SMILES string of the molecule is CC=CC(C)OC(=O)CC(C)(C)O[Si](OCCCCCCNC(=O)OCc1ccccc1)(c1ccccc1)c1ccccc1. The summed E-state index contributed by atoms with van der Waals surface area (Å²) in [6.07, 6.45) is 6.65. The molecule has 0 heterocycles. The molecule has 0 aliphatic carbocycles. The number of hydrogen-bond acceptors (Lipinski definition) is 6. The summed E-state index contributed by atoms with van der Waals surface area (Å²) >= 11 is 0. The normalized spacial score (nSPS) is 12.5. The van der Waals surface area contributed by atoms with Crippen LogP contribution in [0, 0.1) is 0 Å². The number of alkyl carbamates (subject to hydrolysis) is 1. The van der Waals surface area contributed by atoms with Crippen molar-refractivity contribution in [2.24, 2.45) is 0 Å². The number of ether oxygens (including phenoxy) is 2. The van der Waals surface area contributed by atoms with Crippen molar-refractivity contribution >= 4 is 31.0 Å². The molecule has 0 aliphatic rings. The monoisotopic (exact) mass is 617 g/mol. The number of carbonyl (C=O) groups is 2. The third-order valence-electron chi connectivity index (χ3n) is 6.94. The highest BCUT2D eigenvalue weighted by Gasteiger charge is 2.47. The lowest BCUT2D eigenvalue weighted by molar-refractivity contribution is -0.150. The van der Waals surface area contributed by atoms with Gasteiger partial charge in [0.15, 0.2) is 0 Å². The lowest BCUT2D eigenvalue weighted by Crippen LogP contribution is -2.66. The van der Waals surface area contributed by atoms with Gasteiger partial charge in [-0.15, -0.1) is 0 Å². The predicted molar refractivity (Wildman–Crippen MR) is 177 cm³/mol. The van der Waals surface area contributed by atoms with Crippen LogP contribution in [0.1, 0.15) is 65.4 Å². The van der Waals surface area contributed by atoms with Gasteiger partial charge < -0.3 is 23.6 Å². The van der Waals surface area contributed by atoms with Crippen molar-refractivity contribution < 1.29 is 27.9 Å². The van der Waals surface area contributed by atoms with Crippen molar-refractivity contribution in [2.75, 3.05) is 13.2 Å². The second-order valence-corrected chi connectivity index (χ2v) is 14.2. The van der Waals surface area contributed by atoms with Gasteiger partial charge in [-0.25, -0.2) is 4.79 Å². The summed E-state index contributed by atoms with van der Waals surface area (Å²) in [6, 6.07) is 29.7. The van der Waals surface area contributed by atoms with Crippen LogP contribution < -0.4 is 15.7 Å². The van der Waals surface area contributed by atoms with Crippen LogP contribution in [0.4, 0.5) is 4.79 Å². The molecule has 3 aromatic rings. The summed E-state index contributed by atoms with van der Waals surface area (Å²) < 4.78 is 24.7. The Kier molecular flexibility index (Phi) is 14.4. The smallest absolute Gasteiger partial charge is 0.407 e. The molecule has 1 atom stereocenters. The van der Waals surface area contributed by atoms with Gasteiger partial charge >= 0.3 is 20.6 Å². The van der Waals surface area contributed by atoms with E-state index < -0.39 is 20.3 Å². The first kappa shape index (κ1) is 34.8. The van der Waals surface area contributed by atoms with E-state index in [9.17, 15) is 9.59 Å². The van der Waals surface area contributed by atoms with Gasteiger partial charge in [0.1, 0.15) is 12.7 Å². The second kappa shape index (κ2) is 18.2. The van der Waals surface area contributed by atoms with Gasteiger partial charge in [-0.2, -0.15) is 0 Å². The molecule has 3 rings (SSSR count). The number of benzene rings is 3. The first-order valence-electron chi connectivity index (χ1n) is 15.5. The first-order chi connectivity index (χ1) is 21.2. The Morgan fingerprint density at radius 3 is 2.00 bits per heavy atom. The maximum atomic E-state index is 12.8. The molecule has 0 saturated carbocycles. The molecule has 0 bridgehead atoms. The second-order valence-electron chi connectivity index (χ2n) is 11.4. The zero-order valence-corrected chi connectivity index (χ0v) is 27.5. The van der Waals surface area contributed by atoms with Crippen LogP contribution in [0.5, 0.6) is 0 Å². The molecule has 0 radical (unpaired) electrons.